The first kappa shape index (κ1) is 23.7. The Morgan fingerprint density at radius 1 is 1.09 bits per heavy atom. The van der Waals surface area contributed by atoms with Crippen LogP contribution in [-0.4, -0.2) is 60.0 Å². The van der Waals surface area contributed by atoms with Crippen LogP contribution in [0.4, 0.5) is 11.4 Å². The molecular formula is C22H26BrN5O4. The normalized spacial score (nSPS) is 17.5. The predicted molar refractivity (Wildman–Crippen MR) is 126 cm³/mol. The van der Waals surface area contributed by atoms with Crippen LogP contribution in [0.3, 0.4) is 0 Å². The molecule has 0 bridgehead atoms. The lowest BCUT2D eigenvalue weighted by atomic mass is 9.85. The standard InChI is InChI=1S/C22H25N5O4.BrH/c28-20(18-8-4-5-9-19(18)27(30)31)23-12-15-25-13-10-22(11-14-25)21(29)24-16-26(22)17-6-2-1-3-7-17;/h1-9H,10-16H2,(H,23,28)(H,24,29);1H. The summed E-state index contributed by atoms with van der Waals surface area (Å²) in [7, 11) is 0. The number of hydrogen-bond donors (Lipinski definition) is 2. The average molecular weight is 504 g/mol. The number of para-hydroxylation sites is 2. The Kier molecular flexibility index (Phi) is 7.47. The van der Waals surface area contributed by atoms with Gasteiger partial charge in [-0.05, 0) is 31.0 Å². The molecule has 1 spiro atoms. The van der Waals surface area contributed by atoms with Gasteiger partial charge in [0.1, 0.15) is 11.1 Å². The van der Waals surface area contributed by atoms with Crippen LogP contribution in [0.15, 0.2) is 54.6 Å². The molecule has 2 heterocycles. The van der Waals surface area contributed by atoms with Crippen molar-refractivity contribution in [2.45, 2.75) is 18.4 Å². The summed E-state index contributed by atoms with van der Waals surface area (Å²) in [6, 6.07) is 15.9. The second-order valence-corrected chi connectivity index (χ2v) is 7.83. The Labute approximate surface area is 196 Å². The van der Waals surface area contributed by atoms with Crippen molar-refractivity contribution >= 4 is 40.2 Å². The van der Waals surface area contributed by atoms with Gasteiger partial charge in [0.05, 0.1) is 11.6 Å². The summed E-state index contributed by atoms with van der Waals surface area (Å²) in [5.41, 5.74) is 0.358. The molecule has 2 fully saturated rings. The van der Waals surface area contributed by atoms with Crippen LogP contribution in [-0.2, 0) is 4.79 Å². The number of carbonyl (C=O) groups excluding carboxylic acids is 2. The highest BCUT2D eigenvalue weighted by atomic mass is 79.9. The molecule has 10 heteroatoms. The van der Waals surface area contributed by atoms with Gasteiger partial charge >= 0.3 is 0 Å². The van der Waals surface area contributed by atoms with Crippen LogP contribution in [0.5, 0.6) is 0 Å². The van der Waals surface area contributed by atoms with Crippen molar-refractivity contribution in [2.75, 3.05) is 37.7 Å². The fourth-order valence-electron chi connectivity index (χ4n) is 4.43. The fraction of sp³-hybridized carbons (Fsp3) is 0.364. The molecule has 2 saturated heterocycles. The molecule has 2 aromatic carbocycles. The minimum atomic E-state index is -0.551. The zero-order chi connectivity index (χ0) is 21.8. The number of halogens is 1. The van der Waals surface area contributed by atoms with E-state index in [9.17, 15) is 19.7 Å². The number of nitro benzene ring substituents is 1. The van der Waals surface area contributed by atoms with Gasteiger partial charge in [-0.25, -0.2) is 0 Å². The van der Waals surface area contributed by atoms with Crippen LogP contribution < -0.4 is 15.5 Å². The van der Waals surface area contributed by atoms with Crippen molar-refractivity contribution in [1.82, 2.24) is 15.5 Å². The van der Waals surface area contributed by atoms with Crippen molar-refractivity contribution < 1.29 is 14.5 Å². The maximum Gasteiger partial charge on any atom is 0.282 e. The highest BCUT2D eigenvalue weighted by Gasteiger charge is 2.50. The number of nitrogens with one attached hydrogen (secondary N) is 2. The van der Waals surface area contributed by atoms with Gasteiger partial charge in [-0.1, -0.05) is 30.3 Å². The molecule has 0 saturated carbocycles. The summed E-state index contributed by atoms with van der Waals surface area (Å²) in [6.45, 7) is 2.98. The molecule has 0 unspecified atom stereocenters. The van der Waals surface area contributed by atoms with E-state index in [1.165, 1.54) is 18.2 Å². The van der Waals surface area contributed by atoms with E-state index in [0.29, 0.717) is 32.6 Å². The van der Waals surface area contributed by atoms with Crippen LogP contribution in [0, 0.1) is 10.1 Å². The Morgan fingerprint density at radius 2 is 1.75 bits per heavy atom. The number of rotatable bonds is 6. The predicted octanol–water partition coefficient (Wildman–Crippen LogP) is 2.33. The first-order valence-corrected chi connectivity index (χ1v) is 10.4. The van der Waals surface area contributed by atoms with Gasteiger partial charge in [-0.3, -0.25) is 19.7 Å². The van der Waals surface area contributed by atoms with Gasteiger partial charge in [0.15, 0.2) is 0 Å². The third-order valence-electron chi connectivity index (χ3n) is 6.15. The van der Waals surface area contributed by atoms with Gasteiger partial charge in [0.2, 0.25) is 5.91 Å². The molecule has 2 amide bonds. The lowest BCUT2D eigenvalue weighted by Gasteiger charge is -2.43. The number of carbonyl (C=O) groups is 2. The topological polar surface area (TPSA) is 108 Å². The molecule has 170 valence electrons. The zero-order valence-electron chi connectivity index (χ0n) is 17.5. The summed E-state index contributed by atoms with van der Waals surface area (Å²) in [6.07, 6.45) is 1.40. The highest BCUT2D eigenvalue weighted by molar-refractivity contribution is 8.93. The third kappa shape index (κ3) is 4.61. The molecular weight excluding hydrogens is 478 g/mol. The van der Waals surface area contributed by atoms with Gasteiger partial charge in [0.25, 0.3) is 11.6 Å². The largest absolute Gasteiger partial charge is 0.351 e. The molecule has 2 aliphatic heterocycles. The van der Waals surface area contributed by atoms with Gasteiger partial charge in [0, 0.05) is 37.9 Å². The van der Waals surface area contributed by atoms with Crippen molar-refractivity contribution in [3.8, 4) is 0 Å². The maximum absolute atomic E-state index is 12.7. The average Bonchev–Trinajstić information content (AvgIpc) is 3.11. The van der Waals surface area contributed by atoms with E-state index in [2.05, 4.69) is 20.4 Å². The molecule has 2 N–H and O–H groups in total. The number of nitro groups is 1. The van der Waals surface area contributed by atoms with Crippen molar-refractivity contribution in [2.24, 2.45) is 0 Å². The molecule has 9 nitrogen and oxygen atoms in total. The van der Waals surface area contributed by atoms with Crippen LogP contribution in [0.1, 0.15) is 23.2 Å². The number of piperidine rings is 1. The Hall–Kier alpha value is -2.98. The first-order chi connectivity index (χ1) is 15.0. The van der Waals surface area contributed by atoms with Crippen LogP contribution >= 0.6 is 17.0 Å². The Morgan fingerprint density at radius 3 is 2.44 bits per heavy atom. The summed E-state index contributed by atoms with van der Waals surface area (Å²) in [5.74, 6) is -0.383. The van der Waals surface area contributed by atoms with E-state index in [1.54, 1.807) is 6.07 Å². The minimum absolute atomic E-state index is 0. The smallest absolute Gasteiger partial charge is 0.282 e. The van der Waals surface area contributed by atoms with Crippen LogP contribution in [0.25, 0.3) is 0 Å². The molecule has 0 aliphatic carbocycles. The number of benzene rings is 2. The summed E-state index contributed by atoms with van der Waals surface area (Å²) in [4.78, 5) is 40.0. The number of hydrogen-bond acceptors (Lipinski definition) is 6. The van der Waals surface area contributed by atoms with E-state index < -0.39 is 16.4 Å². The molecule has 4 rings (SSSR count). The molecule has 0 atom stereocenters. The quantitative estimate of drug-likeness (QED) is 0.462. The fourth-order valence-corrected chi connectivity index (χ4v) is 4.43. The second kappa shape index (κ2) is 10.1. The number of amides is 2. The molecule has 32 heavy (non-hydrogen) atoms. The Bertz CT molecular complexity index is 979. The Balaban J connectivity index is 0.00000289. The lowest BCUT2D eigenvalue weighted by Crippen LogP contribution is -2.57. The number of anilines is 1. The van der Waals surface area contributed by atoms with E-state index in [1.807, 2.05) is 30.3 Å². The lowest BCUT2D eigenvalue weighted by molar-refractivity contribution is -0.385. The number of nitrogens with zero attached hydrogens (tertiary/aromatic N) is 3. The molecule has 2 aliphatic rings. The maximum atomic E-state index is 12.7. The first-order valence-electron chi connectivity index (χ1n) is 10.4. The van der Waals surface area contributed by atoms with E-state index in [0.717, 1.165) is 18.8 Å². The summed E-state index contributed by atoms with van der Waals surface area (Å²) >= 11 is 0. The van der Waals surface area contributed by atoms with E-state index in [-0.39, 0.29) is 34.1 Å². The summed E-state index contributed by atoms with van der Waals surface area (Å²) in [5, 5.41) is 16.9. The van der Waals surface area contributed by atoms with Crippen molar-refractivity contribution in [3.63, 3.8) is 0 Å². The SMILES string of the molecule is Br.O=C(NCCN1CCC2(CC1)C(=O)NCN2c1ccccc1)c1ccccc1[N+](=O)[O-]. The number of likely N-dealkylation sites (tertiary alicyclic amines) is 1. The van der Waals surface area contributed by atoms with Gasteiger partial charge in [-0.15, -0.1) is 17.0 Å². The molecule has 2 aromatic rings. The monoisotopic (exact) mass is 503 g/mol. The van der Waals surface area contributed by atoms with Crippen molar-refractivity contribution in [1.29, 1.82) is 0 Å². The minimum Gasteiger partial charge on any atom is -0.351 e. The van der Waals surface area contributed by atoms with E-state index >= 15 is 0 Å². The summed E-state index contributed by atoms with van der Waals surface area (Å²) < 4.78 is 0. The third-order valence-corrected chi connectivity index (χ3v) is 6.15. The van der Waals surface area contributed by atoms with Gasteiger partial charge in [-0.2, -0.15) is 0 Å². The van der Waals surface area contributed by atoms with Crippen LogP contribution in [0.2, 0.25) is 0 Å². The zero-order valence-corrected chi connectivity index (χ0v) is 19.2. The van der Waals surface area contributed by atoms with Gasteiger partial charge < -0.3 is 20.4 Å². The molecule has 0 aromatic heterocycles. The van der Waals surface area contributed by atoms with E-state index in [4.69, 9.17) is 0 Å². The molecule has 0 radical (unpaired) electrons. The van der Waals surface area contributed by atoms with Crippen molar-refractivity contribution in [3.05, 3.63) is 70.3 Å². The second-order valence-electron chi connectivity index (χ2n) is 7.83. The highest BCUT2D eigenvalue weighted by Crippen LogP contribution is 2.36.